The van der Waals surface area contributed by atoms with Crippen LogP contribution in [0.5, 0.6) is 11.6 Å². The van der Waals surface area contributed by atoms with Crippen molar-refractivity contribution in [3.63, 3.8) is 0 Å². The summed E-state index contributed by atoms with van der Waals surface area (Å²) in [4.78, 5) is 18.4. The number of carboxylic acid groups (broad SMARTS) is 1. The minimum absolute atomic E-state index is 0.126. The monoisotopic (exact) mass is 264 g/mol. The number of aliphatic carboxylic acids is 1. The van der Waals surface area contributed by atoms with E-state index in [0.29, 0.717) is 11.3 Å². The molecule has 0 fully saturated rings. The van der Waals surface area contributed by atoms with Crippen molar-refractivity contribution in [1.29, 1.82) is 0 Å². The predicted octanol–water partition coefficient (Wildman–Crippen LogP) is 2.55. The van der Waals surface area contributed by atoms with E-state index in [1.54, 1.807) is 24.3 Å². The number of nitrogens with zero attached hydrogens (tertiary/aromatic N) is 2. The van der Waals surface area contributed by atoms with Gasteiger partial charge in [0.1, 0.15) is 17.1 Å². The average molecular weight is 265 g/mol. The van der Waals surface area contributed by atoms with Gasteiger partial charge >= 0.3 is 5.97 Å². The summed E-state index contributed by atoms with van der Waals surface area (Å²) in [6.45, 7) is 0. The van der Waals surface area contributed by atoms with Gasteiger partial charge in [-0.05, 0) is 6.07 Å². The molecule has 5 nitrogen and oxygen atoms in total. The molecule has 0 bridgehead atoms. The quantitative estimate of drug-likeness (QED) is 0.919. The van der Waals surface area contributed by atoms with Gasteiger partial charge in [0.2, 0.25) is 5.88 Å². The maximum atomic E-state index is 10.7. The number of hydrogen-bond donors (Lipinski definition) is 1. The minimum atomic E-state index is -0.931. The largest absolute Gasteiger partial charge is 0.481 e. The Hall–Kier alpha value is -2.14. The first kappa shape index (κ1) is 12.3. The summed E-state index contributed by atoms with van der Waals surface area (Å²) >= 11 is 5.87. The van der Waals surface area contributed by atoms with Gasteiger partial charge in [-0.1, -0.05) is 29.8 Å². The molecule has 0 aliphatic heterocycles. The summed E-state index contributed by atoms with van der Waals surface area (Å²) in [6, 6.07) is 6.83. The standard InChI is InChI=1S/C12H9ClN2O3/c13-9-6-14-7-15-12(9)18-10-4-2-1-3-8(10)5-11(16)17/h1-4,6-7H,5H2,(H,16,17). The molecule has 0 amide bonds. The molecule has 6 heteroatoms. The van der Waals surface area contributed by atoms with E-state index in [2.05, 4.69) is 9.97 Å². The molecule has 0 unspecified atom stereocenters. The topological polar surface area (TPSA) is 72.3 Å². The maximum Gasteiger partial charge on any atom is 0.307 e. The van der Waals surface area contributed by atoms with Crippen LogP contribution in [0.1, 0.15) is 5.56 Å². The zero-order valence-corrected chi connectivity index (χ0v) is 9.96. The maximum absolute atomic E-state index is 10.7. The smallest absolute Gasteiger partial charge is 0.307 e. The highest BCUT2D eigenvalue weighted by Crippen LogP contribution is 2.28. The van der Waals surface area contributed by atoms with Crippen molar-refractivity contribution in [3.8, 4) is 11.6 Å². The van der Waals surface area contributed by atoms with E-state index in [-0.39, 0.29) is 17.3 Å². The first-order chi connectivity index (χ1) is 8.66. The van der Waals surface area contributed by atoms with Gasteiger partial charge in [0.15, 0.2) is 0 Å². The Balaban J connectivity index is 2.29. The Morgan fingerprint density at radius 1 is 1.39 bits per heavy atom. The van der Waals surface area contributed by atoms with Crippen LogP contribution in [0.2, 0.25) is 5.02 Å². The van der Waals surface area contributed by atoms with Crippen molar-refractivity contribution in [2.45, 2.75) is 6.42 Å². The number of rotatable bonds is 4. The average Bonchev–Trinajstić information content (AvgIpc) is 2.34. The van der Waals surface area contributed by atoms with E-state index in [4.69, 9.17) is 21.4 Å². The van der Waals surface area contributed by atoms with Gasteiger partial charge in [-0.25, -0.2) is 9.97 Å². The van der Waals surface area contributed by atoms with E-state index in [1.165, 1.54) is 12.5 Å². The van der Waals surface area contributed by atoms with Crippen molar-refractivity contribution < 1.29 is 14.6 Å². The molecule has 0 atom stereocenters. The van der Waals surface area contributed by atoms with Crippen LogP contribution in [0.25, 0.3) is 0 Å². The molecule has 0 aliphatic carbocycles. The van der Waals surface area contributed by atoms with Crippen LogP contribution in [0, 0.1) is 0 Å². The van der Waals surface area contributed by atoms with Crippen LogP contribution in [-0.2, 0) is 11.2 Å². The lowest BCUT2D eigenvalue weighted by Crippen LogP contribution is -2.02. The zero-order chi connectivity index (χ0) is 13.0. The highest BCUT2D eigenvalue weighted by atomic mass is 35.5. The third kappa shape index (κ3) is 2.95. The Morgan fingerprint density at radius 3 is 2.89 bits per heavy atom. The number of ether oxygens (including phenoxy) is 1. The molecule has 1 aromatic heterocycles. The fourth-order valence-corrected chi connectivity index (χ4v) is 1.54. The van der Waals surface area contributed by atoms with Gasteiger partial charge in [-0.15, -0.1) is 0 Å². The van der Waals surface area contributed by atoms with Crippen molar-refractivity contribution in [3.05, 3.63) is 47.4 Å². The first-order valence-corrected chi connectivity index (χ1v) is 5.47. The van der Waals surface area contributed by atoms with Crippen LogP contribution >= 0.6 is 11.6 Å². The Labute approximate surface area is 108 Å². The third-order valence-electron chi connectivity index (χ3n) is 2.15. The third-order valence-corrected chi connectivity index (χ3v) is 2.41. The molecular weight excluding hydrogens is 256 g/mol. The molecule has 18 heavy (non-hydrogen) atoms. The number of para-hydroxylation sites is 1. The second kappa shape index (κ2) is 5.46. The van der Waals surface area contributed by atoms with Gasteiger partial charge in [-0.3, -0.25) is 4.79 Å². The van der Waals surface area contributed by atoms with E-state index in [9.17, 15) is 4.79 Å². The SMILES string of the molecule is O=C(O)Cc1ccccc1Oc1ncncc1Cl. The summed E-state index contributed by atoms with van der Waals surface area (Å²) in [5.41, 5.74) is 0.555. The molecular formula is C12H9ClN2O3. The number of carboxylic acids is 1. The van der Waals surface area contributed by atoms with Crippen LogP contribution in [-0.4, -0.2) is 21.0 Å². The lowest BCUT2D eigenvalue weighted by molar-refractivity contribution is -0.136. The summed E-state index contributed by atoms with van der Waals surface area (Å²) in [7, 11) is 0. The number of benzene rings is 1. The molecule has 0 saturated heterocycles. The molecule has 1 N–H and O–H groups in total. The molecule has 0 saturated carbocycles. The normalized spacial score (nSPS) is 10.1. The highest BCUT2D eigenvalue weighted by molar-refractivity contribution is 6.31. The van der Waals surface area contributed by atoms with Gasteiger partial charge in [0.05, 0.1) is 12.6 Å². The van der Waals surface area contributed by atoms with Crippen LogP contribution < -0.4 is 4.74 Å². The second-order valence-electron chi connectivity index (χ2n) is 3.46. The van der Waals surface area contributed by atoms with Crippen molar-refractivity contribution >= 4 is 17.6 Å². The number of aromatic nitrogens is 2. The van der Waals surface area contributed by atoms with Crippen molar-refractivity contribution in [2.75, 3.05) is 0 Å². The first-order valence-electron chi connectivity index (χ1n) is 5.10. The summed E-state index contributed by atoms with van der Waals surface area (Å²) < 4.78 is 5.49. The second-order valence-corrected chi connectivity index (χ2v) is 3.86. The van der Waals surface area contributed by atoms with Gasteiger partial charge in [-0.2, -0.15) is 0 Å². The molecule has 2 aromatic rings. The van der Waals surface area contributed by atoms with E-state index < -0.39 is 5.97 Å². The molecule has 1 heterocycles. The van der Waals surface area contributed by atoms with Gasteiger partial charge in [0, 0.05) is 5.56 Å². The zero-order valence-electron chi connectivity index (χ0n) is 9.21. The van der Waals surface area contributed by atoms with Crippen molar-refractivity contribution in [1.82, 2.24) is 9.97 Å². The van der Waals surface area contributed by atoms with E-state index in [0.717, 1.165) is 0 Å². The lowest BCUT2D eigenvalue weighted by Gasteiger charge is -2.09. The van der Waals surface area contributed by atoms with Gasteiger partial charge < -0.3 is 9.84 Å². The van der Waals surface area contributed by atoms with Crippen LogP contribution in [0.15, 0.2) is 36.8 Å². The van der Waals surface area contributed by atoms with Gasteiger partial charge in [0.25, 0.3) is 0 Å². The Kier molecular flexibility index (Phi) is 3.74. The number of halogens is 1. The molecule has 92 valence electrons. The summed E-state index contributed by atoms with van der Waals surface area (Å²) in [5.74, 6) is -0.315. The minimum Gasteiger partial charge on any atom is -0.481 e. The lowest BCUT2D eigenvalue weighted by atomic mass is 10.1. The number of hydrogen-bond acceptors (Lipinski definition) is 4. The van der Waals surface area contributed by atoms with Crippen LogP contribution in [0.3, 0.4) is 0 Å². The molecule has 0 radical (unpaired) electrons. The Morgan fingerprint density at radius 2 is 2.17 bits per heavy atom. The van der Waals surface area contributed by atoms with Crippen LogP contribution in [0.4, 0.5) is 0 Å². The molecule has 1 aromatic carbocycles. The number of carbonyl (C=O) groups is 1. The molecule has 0 spiro atoms. The van der Waals surface area contributed by atoms with Crippen molar-refractivity contribution in [2.24, 2.45) is 0 Å². The Bertz CT molecular complexity index is 575. The van der Waals surface area contributed by atoms with E-state index >= 15 is 0 Å². The summed E-state index contributed by atoms with van der Waals surface area (Å²) in [5, 5.41) is 9.07. The van der Waals surface area contributed by atoms with E-state index in [1.807, 2.05) is 0 Å². The fraction of sp³-hybridized carbons (Fsp3) is 0.0833. The predicted molar refractivity (Wildman–Crippen MR) is 64.9 cm³/mol. The molecule has 2 rings (SSSR count). The fourth-order valence-electron chi connectivity index (χ4n) is 1.39. The summed E-state index contributed by atoms with van der Waals surface area (Å²) in [6.07, 6.45) is 2.59. The highest BCUT2D eigenvalue weighted by Gasteiger charge is 2.10. The molecule has 0 aliphatic rings.